The van der Waals surface area contributed by atoms with Gasteiger partial charge in [-0.05, 0) is 0 Å². The van der Waals surface area contributed by atoms with Crippen LogP contribution in [-0.4, -0.2) is 0 Å². The second-order valence-electron chi connectivity index (χ2n) is 1.69. The summed E-state index contributed by atoms with van der Waals surface area (Å²) >= 11 is 0. The Morgan fingerprint density at radius 1 is 1.36 bits per heavy atom. The minimum Gasteiger partial charge on any atom is -1.00 e. The van der Waals surface area contributed by atoms with E-state index >= 15 is 0 Å². The minimum atomic E-state index is 0. The molecule has 0 unspecified atom stereocenters. The Bertz CT molecular complexity index is 121. The van der Waals surface area contributed by atoms with Crippen LogP contribution < -0.4 is 37.2 Å². The Balaban J connectivity index is -0.0000000612. The van der Waals surface area contributed by atoms with Gasteiger partial charge >= 0.3 is 21.7 Å². The molecule has 0 fully saturated rings. The predicted molar refractivity (Wildman–Crippen MR) is 30.8 cm³/mol. The van der Waals surface area contributed by atoms with Gasteiger partial charge in [0.2, 0.25) is 0 Å². The summed E-state index contributed by atoms with van der Waals surface area (Å²) in [7, 11) is 0. The van der Waals surface area contributed by atoms with Gasteiger partial charge in [0.1, 0.15) is 0 Å². The SMILES string of the molecule is CCC1=CC[C-]=C1.[Cl-].[Cl-].[Cl-].[Ti+4]. The molecule has 0 aromatic heterocycles. The van der Waals surface area contributed by atoms with Crippen molar-refractivity contribution in [2.45, 2.75) is 19.8 Å². The monoisotopic (exact) mass is 246 g/mol. The summed E-state index contributed by atoms with van der Waals surface area (Å²) in [5, 5.41) is 0. The molecule has 0 saturated heterocycles. The fourth-order valence-corrected chi connectivity index (χ4v) is 0.685. The summed E-state index contributed by atoms with van der Waals surface area (Å²) in [6.45, 7) is 2.16. The molecular formula is C7H9Cl3Ti. The summed E-state index contributed by atoms with van der Waals surface area (Å²) in [5.74, 6) is 0. The van der Waals surface area contributed by atoms with E-state index in [0.29, 0.717) is 0 Å². The van der Waals surface area contributed by atoms with E-state index in [1.165, 1.54) is 5.57 Å². The van der Waals surface area contributed by atoms with E-state index in [0.717, 1.165) is 12.8 Å². The van der Waals surface area contributed by atoms with Crippen LogP contribution in [0.4, 0.5) is 0 Å². The van der Waals surface area contributed by atoms with Gasteiger partial charge in [-0.25, -0.2) is 11.6 Å². The van der Waals surface area contributed by atoms with E-state index in [-0.39, 0.29) is 58.9 Å². The maximum atomic E-state index is 3.11. The molecule has 0 nitrogen and oxygen atoms in total. The topological polar surface area (TPSA) is 0 Å². The van der Waals surface area contributed by atoms with Crippen molar-refractivity contribution in [2.75, 3.05) is 0 Å². The van der Waals surface area contributed by atoms with Gasteiger partial charge < -0.3 is 37.2 Å². The van der Waals surface area contributed by atoms with E-state index < -0.39 is 0 Å². The van der Waals surface area contributed by atoms with E-state index in [1.807, 2.05) is 0 Å². The van der Waals surface area contributed by atoms with Crippen LogP contribution in [0.2, 0.25) is 0 Å². The van der Waals surface area contributed by atoms with Crippen LogP contribution in [0.3, 0.4) is 0 Å². The van der Waals surface area contributed by atoms with Crippen molar-refractivity contribution < 1.29 is 58.9 Å². The number of hydrogen-bond acceptors (Lipinski definition) is 0. The third-order valence-corrected chi connectivity index (χ3v) is 1.18. The Hall–Kier alpha value is 1.06. The molecule has 0 bridgehead atoms. The quantitative estimate of drug-likeness (QED) is 0.319. The first-order valence-electron chi connectivity index (χ1n) is 2.69. The zero-order valence-electron chi connectivity index (χ0n) is 6.20. The Labute approximate surface area is 102 Å². The Morgan fingerprint density at radius 2 is 1.91 bits per heavy atom. The maximum Gasteiger partial charge on any atom is 4.00 e. The van der Waals surface area contributed by atoms with Crippen molar-refractivity contribution >= 4 is 0 Å². The molecule has 62 valence electrons. The van der Waals surface area contributed by atoms with E-state index in [4.69, 9.17) is 0 Å². The van der Waals surface area contributed by atoms with Crippen LogP contribution in [0.1, 0.15) is 19.8 Å². The first kappa shape index (κ1) is 22.7. The smallest absolute Gasteiger partial charge is 1.00 e. The molecule has 0 spiro atoms. The molecule has 0 N–H and O–H groups in total. The van der Waals surface area contributed by atoms with Gasteiger partial charge in [-0.15, -0.1) is 6.42 Å². The third kappa shape index (κ3) is 8.97. The van der Waals surface area contributed by atoms with Gasteiger partial charge in [0, 0.05) is 0 Å². The zero-order chi connectivity index (χ0) is 5.11. The fourth-order valence-electron chi connectivity index (χ4n) is 0.685. The van der Waals surface area contributed by atoms with Crippen molar-refractivity contribution in [1.29, 1.82) is 0 Å². The van der Waals surface area contributed by atoms with Crippen molar-refractivity contribution in [3.05, 3.63) is 23.8 Å². The minimum absolute atomic E-state index is 0. The summed E-state index contributed by atoms with van der Waals surface area (Å²) in [6.07, 6.45) is 9.57. The molecule has 0 atom stereocenters. The van der Waals surface area contributed by atoms with Crippen molar-refractivity contribution in [3.8, 4) is 0 Å². The zero-order valence-corrected chi connectivity index (χ0v) is 10.0. The molecular weight excluding hydrogens is 238 g/mol. The van der Waals surface area contributed by atoms with Crippen LogP contribution >= 0.6 is 0 Å². The molecule has 1 aliphatic carbocycles. The van der Waals surface area contributed by atoms with Gasteiger partial charge in [-0.2, -0.15) is 6.08 Å². The van der Waals surface area contributed by atoms with Crippen molar-refractivity contribution in [3.63, 3.8) is 0 Å². The second-order valence-corrected chi connectivity index (χ2v) is 1.69. The first-order chi connectivity index (χ1) is 3.43. The maximum absolute atomic E-state index is 3.11. The van der Waals surface area contributed by atoms with Gasteiger partial charge in [0.15, 0.2) is 0 Å². The average Bonchev–Trinajstić information content (AvgIpc) is 2.14. The summed E-state index contributed by atoms with van der Waals surface area (Å²) in [6, 6.07) is 0. The fraction of sp³-hybridized carbons (Fsp3) is 0.429. The molecule has 0 aromatic carbocycles. The Kier molecular flexibility index (Phi) is 28.2. The molecule has 0 amide bonds. The van der Waals surface area contributed by atoms with Crippen LogP contribution in [0.5, 0.6) is 0 Å². The standard InChI is InChI=1S/C7H9.3ClH.Ti/c1-2-7-5-3-4-6-7;;;;/h5-6H,2-3H2,1H3;3*1H;/q-1;;;;+4/p-3. The molecule has 4 heteroatoms. The van der Waals surface area contributed by atoms with Crippen molar-refractivity contribution in [2.24, 2.45) is 0 Å². The van der Waals surface area contributed by atoms with Gasteiger partial charge in [0.25, 0.3) is 0 Å². The summed E-state index contributed by atoms with van der Waals surface area (Å²) < 4.78 is 0. The van der Waals surface area contributed by atoms with Gasteiger partial charge in [-0.1, -0.05) is 13.3 Å². The predicted octanol–water partition coefficient (Wildman–Crippen LogP) is -6.90. The van der Waals surface area contributed by atoms with Crippen LogP contribution in [0.25, 0.3) is 0 Å². The third-order valence-electron chi connectivity index (χ3n) is 1.18. The van der Waals surface area contributed by atoms with Crippen LogP contribution in [0.15, 0.2) is 17.7 Å². The first-order valence-corrected chi connectivity index (χ1v) is 2.69. The van der Waals surface area contributed by atoms with E-state index in [2.05, 4.69) is 25.2 Å². The normalized spacial score (nSPS) is 11.2. The molecule has 0 aliphatic heterocycles. The van der Waals surface area contributed by atoms with E-state index in [1.54, 1.807) is 0 Å². The molecule has 0 saturated carbocycles. The van der Waals surface area contributed by atoms with Crippen molar-refractivity contribution in [1.82, 2.24) is 0 Å². The number of hydrogen-bond donors (Lipinski definition) is 0. The number of allylic oxidation sites excluding steroid dienone is 4. The molecule has 1 aliphatic rings. The number of halogens is 3. The molecule has 1 rings (SSSR count). The van der Waals surface area contributed by atoms with Gasteiger partial charge in [0.05, 0.1) is 0 Å². The van der Waals surface area contributed by atoms with E-state index in [9.17, 15) is 0 Å². The summed E-state index contributed by atoms with van der Waals surface area (Å²) in [5.41, 5.74) is 1.43. The van der Waals surface area contributed by atoms with Crippen LogP contribution in [0, 0.1) is 6.08 Å². The molecule has 0 heterocycles. The largest absolute Gasteiger partial charge is 4.00 e. The second kappa shape index (κ2) is 13.6. The van der Waals surface area contributed by atoms with Gasteiger partial charge in [-0.3, -0.25) is 6.08 Å². The van der Waals surface area contributed by atoms with Crippen LogP contribution in [-0.2, 0) is 21.7 Å². The molecule has 0 aromatic rings. The Morgan fingerprint density at radius 3 is 2.09 bits per heavy atom. The summed E-state index contributed by atoms with van der Waals surface area (Å²) in [4.78, 5) is 0. The number of rotatable bonds is 1. The molecule has 0 radical (unpaired) electrons. The average molecular weight is 247 g/mol. The molecule has 11 heavy (non-hydrogen) atoms.